The van der Waals surface area contributed by atoms with Crippen LogP contribution in [0.2, 0.25) is 36.3 Å². The Morgan fingerprint density at radius 3 is 2.20 bits per heavy atom. The number of rotatable bonds is 24. The number of ether oxygens (including phenoxy) is 9. The van der Waals surface area contributed by atoms with Crippen molar-refractivity contribution in [2.75, 3.05) is 13.7 Å². The van der Waals surface area contributed by atoms with Gasteiger partial charge in [-0.25, -0.2) is 4.79 Å². The summed E-state index contributed by atoms with van der Waals surface area (Å²) in [4.78, 5) is 39.4. The largest absolute Gasteiger partial charge is 0.458 e. The molecule has 6 bridgehead atoms. The molecule has 426 valence electrons. The number of ketones is 1. The van der Waals surface area contributed by atoms with Gasteiger partial charge in [0.1, 0.15) is 48.7 Å². The van der Waals surface area contributed by atoms with Gasteiger partial charge in [-0.15, -0.1) is 0 Å². The van der Waals surface area contributed by atoms with E-state index < -0.39 is 52.8 Å². The first-order valence-electron chi connectivity index (χ1n) is 28.4. The molecule has 9 rings (SSSR count). The lowest BCUT2D eigenvalue weighted by Crippen LogP contribution is -2.61. The number of esters is 1. The molecule has 8 aliphatic heterocycles. The Kier molecular flexibility index (Phi) is 19.2. The van der Waals surface area contributed by atoms with E-state index in [0.717, 1.165) is 22.8 Å². The van der Waals surface area contributed by atoms with Crippen LogP contribution in [0.4, 0.5) is 0 Å². The molecule has 8 fully saturated rings. The molecule has 8 saturated heterocycles. The van der Waals surface area contributed by atoms with Crippen molar-refractivity contribution < 1.29 is 65.9 Å². The smallest absolute Gasteiger partial charge is 0.338 e. The molecule has 0 radical (unpaired) electrons. The molecule has 8 heterocycles. The SMILES string of the molecule is C=C(Br)C[C@H](CC[C@@]12C[C@H]3O[C@H]4[C@@H](O1)[C@H]1O[C@@H](CC(=O)C[C@@H]5[C@@H](OC)[C@@H](C[C@@H](CO[Si](C)(C)C(C)(C)C)O[Si](C)(C)C(C)(C)C)O[C@H]5C[C@H]5O[C@@H](CCC=O)C[C@@H](C)C5=C)CC[C@@H]1O[C@H]4[C@H]3O2)OC(=O)c1ccccc1. The van der Waals surface area contributed by atoms with Crippen molar-refractivity contribution in [1.29, 1.82) is 0 Å². The molecule has 8 aliphatic rings. The van der Waals surface area contributed by atoms with Gasteiger partial charge in [0.2, 0.25) is 0 Å². The van der Waals surface area contributed by atoms with Crippen LogP contribution in [0.1, 0.15) is 142 Å². The number of fused-ring (bicyclic) bond motifs is 1. The molecule has 0 unspecified atom stereocenters. The number of carbonyl (C=O) groups excluding carboxylic acids is 3. The molecule has 0 aromatic heterocycles. The minimum absolute atomic E-state index is 0.0189. The van der Waals surface area contributed by atoms with E-state index in [1.807, 2.05) is 18.2 Å². The molecule has 0 N–H and O–H groups in total. The molecule has 0 amide bonds. The van der Waals surface area contributed by atoms with Gasteiger partial charge in [-0.1, -0.05) is 95.8 Å². The first kappa shape index (κ1) is 60.1. The number of methoxy groups -OCH3 is 1. The fourth-order valence-electron chi connectivity index (χ4n) is 12.4. The third-order valence-electron chi connectivity index (χ3n) is 18.7. The third-order valence-corrected chi connectivity index (χ3v) is 28.0. The van der Waals surface area contributed by atoms with Crippen LogP contribution in [-0.4, -0.2) is 146 Å². The normalized spacial score (nSPS) is 36.1. The summed E-state index contributed by atoms with van der Waals surface area (Å²) >= 11 is 3.50. The van der Waals surface area contributed by atoms with Crippen molar-refractivity contribution in [3.8, 4) is 0 Å². The maximum atomic E-state index is 14.8. The Morgan fingerprint density at radius 1 is 0.842 bits per heavy atom. The minimum atomic E-state index is -2.27. The van der Waals surface area contributed by atoms with Gasteiger partial charge >= 0.3 is 5.97 Å². The Balaban J connectivity index is 0.980. The molecule has 1 aromatic carbocycles. The lowest BCUT2D eigenvalue weighted by Gasteiger charge is -2.47. The van der Waals surface area contributed by atoms with Crippen LogP contribution in [0.25, 0.3) is 0 Å². The van der Waals surface area contributed by atoms with Gasteiger partial charge in [-0.2, -0.15) is 0 Å². The average molecular weight is 1160 g/mol. The second-order valence-corrected chi connectivity index (χ2v) is 37.0. The number of aldehydes is 1. The molecule has 14 nitrogen and oxygen atoms in total. The maximum absolute atomic E-state index is 14.8. The highest BCUT2D eigenvalue weighted by atomic mass is 79.9. The van der Waals surface area contributed by atoms with Gasteiger partial charge < -0.3 is 56.3 Å². The molecule has 0 spiro atoms. The van der Waals surface area contributed by atoms with Crippen LogP contribution < -0.4 is 0 Å². The van der Waals surface area contributed by atoms with Crippen molar-refractivity contribution in [3.63, 3.8) is 0 Å². The fraction of sp³-hybridized carbons (Fsp3) is 0.780. The molecular weight excluding hydrogens is 1070 g/mol. The highest BCUT2D eigenvalue weighted by Crippen LogP contribution is 2.54. The van der Waals surface area contributed by atoms with E-state index in [2.05, 4.69) is 104 Å². The number of hydrogen-bond acceptors (Lipinski definition) is 14. The van der Waals surface area contributed by atoms with Crippen LogP contribution in [0.15, 0.2) is 53.5 Å². The minimum Gasteiger partial charge on any atom is -0.458 e. The van der Waals surface area contributed by atoms with Crippen LogP contribution in [-0.2, 0) is 61.1 Å². The molecular formula is C59H91BrO14Si2. The summed E-state index contributed by atoms with van der Waals surface area (Å²) in [5.74, 6) is -1.40. The van der Waals surface area contributed by atoms with Gasteiger partial charge in [0.05, 0.1) is 67.1 Å². The number of hydrogen-bond donors (Lipinski definition) is 0. The second-order valence-electron chi connectivity index (χ2n) is 26.3. The van der Waals surface area contributed by atoms with Crippen molar-refractivity contribution in [2.45, 2.75) is 266 Å². The van der Waals surface area contributed by atoms with E-state index in [1.165, 1.54) is 0 Å². The highest BCUT2D eigenvalue weighted by molar-refractivity contribution is 9.11. The van der Waals surface area contributed by atoms with E-state index >= 15 is 0 Å². The van der Waals surface area contributed by atoms with E-state index in [1.54, 1.807) is 19.2 Å². The Bertz CT molecular complexity index is 2200. The van der Waals surface area contributed by atoms with Crippen molar-refractivity contribution in [1.82, 2.24) is 0 Å². The lowest BCUT2D eigenvalue weighted by atomic mass is 9.81. The zero-order valence-electron chi connectivity index (χ0n) is 47.7. The third kappa shape index (κ3) is 13.7. The van der Waals surface area contributed by atoms with Crippen LogP contribution >= 0.6 is 15.9 Å². The highest BCUT2D eigenvalue weighted by Gasteiger charge is 2.69. The van der Waals surface area contributed by atoms with Gasteiger partial charge in [-0.05, 0) is 96.5 Å². The number of Topliss-reactive ketones (excluding diaryl/α,β-unsaturated/α-hetero) is 1. The van der Waals surface area contributed by atoms with Gasteiger partial charge in [0.25, 0.3) is 0 Å². The predicted molar refractivity (Wildman–Crippen MR) is 298 cm³/mol. The lowest BCUT2D eigenvalue weighted by molar-refractivity contribution is -0.292. The van der Waals surface area contributed by atoms with Gasteiger partial charge in [0, 0.05) is 64.4 Å². The second kappa shape index (κ2) is 24.2. The quantitative estimate of drug-likeness (QED) is 0.0417. The average Bonchev–Trinajstić information content (AvgIpc) is 3.92. The standard InChI is InChI=1S/C59H91BrO14Si2/c1-35-27-40(21-18-26-61)66-46(37(35)3)32-47-44(50(64-10)48(69-47)31-43(74-76(13,14)58(7,8)9)34-65-75(11,12)57(4,5)6)30-39(62)29-41-22-23-45-51(67-41)55-54-53(70-45)52-49(71-54)33-59(72-52,73-55)25-24-42(28-36(2)60)68-56(63)38-19-16-15-17-20-38/h15-17,19-20,26,35,40-55H,2-3,18,21-25,27-34H2,1,4-14H3/t35-,40+,41-,42+,43+,44+,45+,46-,47+,48-,49-,50-,51+,52+,53+,54-,55+,59+/m1/s1. The first-order chi connectivity index (χ1) is 35.7. The molecule has 1 aromatic rings. The van der Waals surface area contributed by atoms with E-state index in [4.69, 9.17) is 51.5 Å². The van der Waals surface area contributed by atoms with E-state index in [0.29, 0.717) is 76.4 Å². The Hall–Kier alpha value is -1.98. The monoisotopic (exact) mass is 1160 g/mol. The zero-order valence-corrected chi connectivity index (χ0v) is 51.3. The number of benzene rings is 1. The summed E-state index contributed by atoms with van der Waals surface area (Å²) < 4.78 is 75.6. The maximum Gasteiger partial charge on any atom is 0.338 e. The van der Waals surface area contributed by atoms with Gasteiger partial charge in [-0.3, -0.25) is 4.79 Å². The Labute approximate surface area is 464 Å². The van der Waals surface area contributed by atoms with E-state index in [-0.39, 0.29) is 108 Å². The summed E-state index contributed by atoms with van der Waals surface area (Å²) in [7, 11) is -2.69. The predicted octanol–water partition coefficient (Wildman–Crippen LogP) is 11.5. The summed E-state index contributed by atoms with van der Waals surface area (Å²) in [6.45, 7) is 33.8. The van der Waals surface area contributed by atoms with Crippen molar-refractivity contribution in [2.24, 2.45) is 11.8 Å². The molecule has 0 aliphatic carbocycles. The van der Waals surface area contributed by atoms with Crippen LogP contribution in [0.3, 0.4) is 0 Å². The molecule has 0 saturated carbocycles. The summed E-state index contributed by atoms with van der Waals surface area (Å²) in [6, 6.07) is 8.99. The van der Waals surface area contributed by atoms with Crippen molar-refractivity contribution in [3.05, 3.63) is 59.1 Å². The first-order valence-corrected chi connectivity index (χ1v) is 35.0. The van der Waals surface area contributed by atoms with Crippen LogP contribution in [0, 0.1) is 11.8 Å². The number of carbonyl (C=O) groups is 3. The Morgan fingerprint density at radius 2 is 1.53 bits per heavy atom. The van der Waals surface area contributed by atoms with E-state index in [9.17, 15) is 14.4 Å². The fourth-order valence-corrected chi connectivity index (χ4v) is 15.1. The van der Waals surface area contributed by atoms with Gasteiger partial charge in [0.15, 0.2) is 22.4 Å². The topological polar surface area (TPSA) is 153 Å². The summed E-state index contributed by atoms with van der Waals surface area (Å²) in [5.41, 5.74) is 1.49. The molecule has 18 atom stereocenters. The molecule has 17 heteroatoms. The molecule has 76 heavy (non-hydrogen) atoms. The summed E-state index contributed by atoms with van der Waals surface area (Å²) in [6.07, 6.45) is 2.60. The van der Waals surface area contributed by atoms with Crippen LogP contribution in [0.5, 0.6) is 0 Å². The summed E-state index contributed by atoms with van der Waals surface area (Å²) in [5, 5.41) is -0.0115. The number of halogens is 1. The van der Waals surface area contributed by atoms with Crippen molar-refractivity contribution >= 4 is 50.6 Å². The zero-order chi connectivity index (χ0) is 55.1.